The van der Waals surface area contributed by atoms with Gasteiger partial charge in [-0.25, -0.2) is 19.7 Å². The van der Waals surface area contributed by atoms with Crippen LogP contribution in [-0.4, -0.2) is 239 Å². The number of carbonyl (C=O) groups is 2. The maximum absolute atomic E-state index is 12.3. The Labute approximate surface area is 568 Å². The van der Waals surface area contributed by atoms with Crippen molar-refractivity contribution in [1.82, 2.24) is 50.2 Å². The van der Waals surface area contributed by atoms with Gasteiger partial charge in [0.15, 0.2) is 16.9 Å². The minimum Gasteiger partial charge on any atom is -0.496 e. The van der Waals surface area contributed by atoms with Gasteiger partial charge in [-0.2, -0.15) is 29.9 Å². The fourth-order valence-corrected chi connectivity index (χ4v) is 13.3. The van der Waals surface area contributed by atoms with E-state index in [1.165, 1.54) is 14.2 Å². The summed E-state index contributed by atoms with van der Waals surface area (Å²) in [6.45, 7) is 26.6. The van der Waals surface area contributed by atoms with Crippen LogP contribution in [0.1, 0.15) is 62.3 Å². The zero-order chi connectivity index (χ0) is 67.3. The molecule has 27 nitrogen and oxygen atoms in total. The molecule has 6 atom stereocenters. The van der Waals surface area contributed by atoms with Crippen molar-refractivity contribution < 1.29 is 47.5 Å². The first kappa shape index (κ1) is 66.9. The molecule has 28 heteroatoms. The van der Waals surface area contributed by atoms with Crippen LogP contribution in [0.4, 0.5) is 41.0 Å². The molecule has 0 unspecified atom stereocenters. The molecule has 0 radical (unpaired) electrons. The molecule has 0 spiro atoms. The first-order valence-electron chi connectivity index (χ1n) is 33.4. The highest BCUT2D eigenvalue weighted by molar-refractivity contribution is 6.29. The summed E-state index contributed by atoms with van der Waals surface area (Å²) in [6.07, 6.45) is 0. The number of benzene rings is 2. The van der Waals surface area contributed by atoms with Gasteiger partial charge < -0.3 is 77.9 Å². The normalized spacial score (nSPS) is 22.3. The van der Waals surface area contributed by atoms with E-state index < -0.39 is 5.97 Å². The van der Waals surface area contributed by atoms with Crippen LogP contribution < -0.4 is 44.8 Å². The second kappa shape index (κ2) is 30.0. The number of carbonyl (C=O) groups excluding carboxylic acids is 2. The van der Waals surface area contributed by atoms with E-state index in [-0.39, 0.29) is 42.2 Å². The molecule has 97 heavy (non-hydrogen) atoms. The lowest BCUT2D eigenvalue weighted by Gasteiger charge is -2.37. The second-order valence-corrected chi connectivity index (χ2v) is 25.6. The minimum atomic E-state index is -0.453. The minimum absolute atomic E-state index is 0.0608. The van der Waals surface area contributed by atoms with Crippen molar-refractivity contribution in [2.45, 2.75) is 77.8 Å². The number of nitrogens with zero attached hydrogens (tertiary/aromatic N) is 15. The van der Waals surface area contributed by atoms with E-state index in [4.69, 9.17) is 89.4 Å². The zero-order valence-corrected chi connectivity index (χ0v) is 57.0. The van der Waals surface area contributed by atoms with Gasteiger partial charge in [0.1, 0.15) is 33.9 Å². The number of rotatable bonds is 10. The number of aromatic nitrogens is 9. The number of hydrogen-bond acceptors (Lipinski definition) is 26. The summed E-state index contributed by atoms with van der Waals surface area (Å²) in [7, 11) is 2.87. The Kier molecular flexibility index (Phi) is 20.7. The lowest BCUT2D eigenvalue weighted by atomic mass is 10.0. The third-order valence-corrected chi connectivity index (χ3v) is 18.7. The molecule has 7 aliphatic rings. The van der Waals surface area contributed by atoms with E-state index in [0.717, 1.165) is 101 Å². The molecule has 0 bridgehead atoms. The van der Waals surface area contributed by atoms with E-state index in [9.17, 15) is 9.59 Å². The van der Waals surface area contributed by atoms with Crippen LogP contribution >= 0.6 is 11.6 Å². The van der Waals surface area contributed by atoms with Crippen LogP contribution in [0.25, 0.3) is 55.6 Å². The molecular formula is C69H84ClN17O10. The number of amides is 1. The molecule has 8 aromatic rings. The molecule has 0 saturated carbocycles. The number of methoxy groups -OCH3 is 2. The van der Waals surface area contributed by atoms with Crippen molar-refractivity contribution in [3.05, 3.63) is 89.1 Å². The first-order chi connectivity index (χ1) is 47.2. The number of ether oxygens (including phenoxy) is 8. The molecule has 7 aliphatic heterocycles. The predicted octanol–water partition coefficient (Wildman–Crippen LogP) is 7.36. The molecule has 13 heterocycles. The summed E-state index contributed by atoms with van der Waals surface area (Å²) in [5.41, 5.74) is 6.98. The number of hydrogen-bond donors (Lipinski definition) is 2. The molecule has 2 N–H and O–H groups in total. The lowest BCUT2D eigenvalue weighted by molar-refractivity contribution is 0.0596. The summed E-state index contributed by atoms with van der Waals surface area (Å²) in [6, 6.07) is 24.1. The fraction of sp³-hybridized carbons (Fsp3) is 0.493. The molecule has 6 saturated heterocycles. The average molecular weight is 1350 g/mol. The van der Waals surface area contributed by atoms with E-state index >= 15 is 0 Å². The molecular weight excluding hydrogens is 1260 g/mol. The maximum atomic E-state index is 12.3. The number of pyridine rings is 3. The van der Waals surface area contributed by atoms with Gasteiger partial charge in [-0.15, -0.1) is 0 Å². The Balaban J connectivity index is 0.000000134. The fourth-order valence-electron chi connectivity index (χ4n) is 13.1. The molecule has 0 aliphatic carbocycles. The predicted molar refractivity (Wildman–Crippen MR) is 372 cm³/mol. The molecule has 512 valence electrons. The Morgan fingerprint density at radius 2 is 0.835 bits per heavy atom. The van der Waals surface area contributed by atoms with Gasteiger partial charge in [0.05, 0.1) is 163 Å². The van der Waals surface area contributed by atoms with Crippen molar-refractivity contribution in [1.29, 1.82) is 0 Å². The summed E-state index contributed by atoms with van der Waals surface area (Å²) >= 11 is 6.11. The average Bonchev–Trinajstić information content (AvgIpc) is 0.959. The van der Waals surface area contributed by atoms with Gasteiger partial charge in [0.25, 0.3) is 5.91 Å². The summed E-state index contributed by atoms with van der Waals surface area (Å²) < 4.78 is 44.1. The van der Waals surface area contributed by atoms with Gasteiger partial charge in [0, 0.05) is 69.2 Å². The summed E-state index contributed by atoms with van der Waals surface area (Å²) in [5, 5.41) is 9.41. The number of esters is 1. The number of anilines is 7. The van der Waals surface area contributed by atoms with Crippen LogP contribution in [0.2, 0.25) is 5.15 Å². The van der Waals surface area contributed by atoms with Crippen molar-refractivity contribution in [2.24, 2.45) is 0 Å². The standard InChI is InChI=1S/C26H31N7O3.C26H31N5O5.C17H22ClN5O2/c1-16-14-35-11-9-32(16)24-20-5-6-21(18-3-4-19-22(13-18)27-7-8-28-25(19)34)29-23(20)30-26(31-24)33-10-12-36-15-17(33)2;1-16-14-35-11-9-30(16)24-20-7-8-21(18-5-6-19(25(32)34-4)22(13-18)33-3)27-23(20)28-26(29-24)31-10-12-36-15-17(31)2;1-11-9-24-7-5-22(11)16-13-3-4-14(18)19-15(13)20-17(21-16)23-6-8-25-10-12(23)2/h3-6,13,16-17,27H,7-12,14-15H2,1-2H3,(H,28,34);5-8,13,16-17H,9-12,14-15H2,1-4H3;3-4,11-12H,5-10H2,1-2H3/t2*16-,17-;11-,12-/m000/s1. The highest BCUT2D eigenvalue weighted by Gasteiger charge is 2.32. The number of halogens is 1. The SMILES string of the molecule is COC(=O)c1ccc(-c2ccc3c(N4CCOC[C@@H]4C)nc(N4CCOC[C@@H]4C)nc3n2)cc1OC.C[C@H]1COCCN1c1nc(N2CCOC[C@@H]2C)c2ccc(-c3ccc4c(c3)NCCNC4=O)nc2n1.C[C@H]1COCCN1c1nc(N2CCOC[C@@H]2C)c2ccc(Cl)nc2n1. The lowest BCUT2D eigenvalue weighted by Crippen LogP contribution is -2.46. The van der Waals surface area contributed by atoms with Crippen LogP contribution in [0, 0.1) is 0 Å². The highest BCUT2D eigenvalue weighted by Crippen LogP contribution is 2.37. The van der Waals surface area contributed by atoms with Gasteiger partial charge in [-0.3, -0.25) is 4.79 Å². The Hall–Kier alpha value is -8.70. The first-order valence-corrected chi connectivity index (χ1v) is 33.8. The van der Waals surface area contributed by atoms with Crippen LogP contribution in [0.3, 0.4) is 0 Å². The van der Waals surface area contributed by atoms with Gasteiger partial charge in [-0.05, 0) is 102 Å². The third-order valence-electron chi connectivity index (χ3n) is 18.5. The summed E-state index contributed by atoms with van der Waals surface area (Å²) in [5.74, 6) is 4.58. The largest absolute Gasteiger partial charge is 0.496 e. The van der Waals surface area contributed by atoms with Crippen LogP contribution in [-0.2, 0) is 33.2 Å². The van der Waals surface area contributed by atoms with Crippen molar-refractivity contribution in [2.75, 3.05) is 181 Å². The van der Waals surface area contributed by atoms with Gasteiger partial charge >= 0.3 is 5.97 Å². The Morgan fingerprint density at radius 3 is 1.25 bits per heavy atom. The number of nitrogens with one attached hydrogen (secondary N) is 2. The Bertz CT molecular complexity index is 4160. The highest BCUT2D eigenvalue weighted by atomic mass is 35.5. The van der Waals surface area contributed by atoms with Crippen molar-refractivity contribution in [3.8, 4) is 28.3 Å². The molecule has 2 aromatic carbocycles. The monoisotopic (exact) mass is 1350 g/mol. The topological polar surface area (TPSA) is 267 Å². The van der Waals surface area contributed by atoms with Gasteiger partial charge in [0.2, 0.25) is 17.8 Å². The Morgan fingerprint density at radius 1 is 0.454 bits per heavy atom. The smallest absolute Gasteiger partial charge is 0.341 e. The maximum Gasteiger partial charge on any atom is 0.341 e. The van der Waals surface area contributed by atoms with E-state index in [0.29, 0.717) is 149 Å². The van der Waals surface area contributed by atoms with Crippen molar-refractivity contribution >= 4 is 97.6 Å². The van der Waals surface area contributed by atoms with E-state index in [1.54, 1.807) is 18.2 Å². The molecule has 6 aromatic heterocycles. The van der Waals surface area contributed by atoms with Crippen LogP contribution in [0.5, 0.6) is 5.75 Å². The quantitative estimate of drug-likeness (QED) is 0.1000. The van der Waals surface area contributed by atoms with Gasteiger partial charge in [-0.1, -0.05) is 23.7 Å². The van der Waals surface area contributed by atoms with Crippen LogP contribution in [0.15, 0.2) is 72.8 Å². The van der Waals surface area contributed by atoms with E-state index in [1.807, 2.05) is 48.5 Å². The summed E-state index contributed by atoms with van der Waals surface area (Å²) in [4.78, 5) is 81.8. The zero-order valence-electron chi connectivity index (χ0n) is 56.2. The number of fused-ring (bicyclic) bond motifs is 4. The molecule has 1 amide bonds. The van der Waals surface area contributed by atoms with E-state index in [2.05, 4.69) is 92.6 Å². The number of morpholine rings is 6. The van der Waals surface area contributed by atoms with Crippen molar-refractivity contribution in [3.63, 3.8) is 0 Å². The second-order valence-electron chi connectivity index (χ2n) is 25.2. The third kappa shape index (κ3) is 14.5. The molecule has 15 rings (SSSR count). The molecule has 6 fully saturated rings.